The number of carbonyl (C=O) groups excluding carboxylic acids is 1. The molecule has 0 aliphatic heterocycles. The van der Waals surface area contributed by atoms with E-state index in [4.69, 9.17) is 10.5 Å². The average molecular weight is 282 g/mol. The molecule has 3 N–H and O–H groups in total. The van der Waals surface area contributed by atoms with E-state index in [2.05, 4.69) is 5.32 Å². The van der Waals surface area contributed by atoms with Crippen LogP contribution in [-0.4, -0.2) is 12.6 Å². The van der Waals surface area contributed by atoms with Crippen LogP contribution in [0, 0.1) is 0 Å². The lowest BCUT2D eigenvalue weighted by atomic mass is 9.97. The van der Waals surface area contributed by atoms with Gasteiger partial charge in [0.15, 0.2) is 0 Å². The third-order valence-electron chi connectivity index (χ3n) is 4.04. The van der Waals surface area contributed by atoms with Gasteiger partial charge in [-0.1, -0.05) is 0 Å². The van der Waals surface area contributed by atoms with E-state index in [0.29, 0.717) is 18.6 Å². The van der Waals surface area contributed by atoms with Crippen molar-refractivity contribution in [2.75, 3.05) is 5.32 Å². The van der Waals surface area contributed by atoms with Gasteiger partial charge in [0.25, 0.3) is 0 Å². The molecule has 0 heterocycles. The number of benzene rings is 1. The molecular formula is C14H16F2N2O2. The van der Waals surface area contributed by atoms with E-state index >= 15 is 0 Å². The van der Waals surface area contributed by atoms with Crippen LogP contribution in [0.2, 0.25) is 0 Å². The van der Waals surface area contributed by atoms with Gasteiger partial charge in [-0.25, -0.2) is 4.79 Å². The van der Waals surface area contributed by atoms with E-state index in [0.717, 1.165) is 53.6 Å². The highest BCUT2D eigenvalue weighted by atomic mass is 19.3. The summed E-state index contributed by atoms with van der Waals surface area (Å²) in [5.74, 6) is 0.343. The van der Waals surface area contributed by atoms with Crippen LogP contribution in [0.3, 0.4) is 0 Å². The van der Waals surface area contributed by atoms with Crippen molar-refractivity contribution in [3.8, 4) is 5.75 Å². The Morgan fingerprint density at radius 2 is 1.55 bits per heavy atom. The molecular weight excluding hydrogens is 266 g/mol. The number of ether oxygens (including phenoxy) is 1. The number of hydrogen-bond donors (Lipinski definition) is 2. The maximum Gasteiger partial charge on any atom is 0.387 e. The summed E-state index contributed by atoms with van der Waals surface area (Å²) < 4.78 is 30.1. The molecule has 20 heavy (non-hydrogen) atoms. The normalized spacial score (nSPS) is 16.1. The van der Waals surface area contributed by atoms with E-state index in [1.807, 2.05) is 0 Å². The van der Waals surface area contributed by atoms with Gasteiger partial charge in [-0.05, 0) is 60.8 Å². The molecule has 0 bridgehead atoms. The number of nitrogens with one attached hydrogen (secondary N) is 1. The molecule has 3 rings (SSSR count). The minimum absolute atomic E-state index is 0.343. The highest BCUT2D eigenvalue weighted by molar-refractivity contribution is 5.91. The van der Waals surface area contributed by atoms with Crippen LogP contribution >= 0.6 is 0 Å². The second kappa shape index (κ2) is 4.92. The number of nitrogens with two attached hydrogens (primary N) is 1. The first kappa shape index (κ1) is 13.1. The molecule has 0 spiro atoms. The Hall–Kier alpha value is -1.85. The van der Waals surface area contributed by atoms with Crippen LogP contribution in [0.4, 0.5) is 19.3 Å². The summed E-state index contributed by atoms with van der Waals surface area (Å²) in [5, 5.41) is 2.68. The molecule has 0 saturated carbocycles. The quantitative estimate of drug-likeness (QED) is 0.895. The van der Waals surface area contributed by atoms with Crippen LogP contribution in [0.15, 0.2) is 0 Å². The van der Waals surface area contributed by atoms with Crippen LogP contribution in [0.25, 0.3) is 0 Å². The standard InChI is InChI=1S/C14H16F2N2O2/c15-13(16)20-12-9-5-1-3-7(9)11(18-14(17)19)8-4-2-6-10(8)12/h13H,1-6H2,(H3,17,18,19). The van der Waals surface area contributed by atoms with Gasteiger partial charge in [-0.3, -0.25) is 0 Å². The molecule has 0 atom stereocenters. The molecule has 0 fully saturated rings. The maximum absolute atomic E-state index is 12.7. The Kier molecular flexibility index (Phi) is 3.23. The van der Waals surface area contributed by atoms with Gasteiger partial charge in [0, 0.05) is 5.69 Å². The Morgan fingerprint density at radius 3 is 2.00 bits per heavy atom. The Balaban J connectivity index is 2.17. The molecule has 6 heteroatoms. The predicted octanol–water partition coefficient (Wildman–Crippen LogP) is 2.76. The zero-order valence-electron chi connectivity index (χ0n) is 11.0. The van der Waals surface area contributed by atoms with Crippen molar-refractivity contribution in [2.24, 2.45) is 5.73 Å². The number of urea groups is 1. The summed E-state index contributed by atoms with van der Waals surface area (Å²) in [5.41, 5.74) is 9.43. The van der Waals surface area contributed by atoms with Crippen molar-refractivity contribution in [3.63, 3.8) is 0 Å². The second-order valence-corrected chi connectivity index (χ2v) is 5.19. The summed E-state index contributed by atoms with van der Waals surface area (Å²) >= 11 is 0. The van der Waals surface area contributed by atoms with E-state index in [1.165, 1.54) is 0 Å². The molecule has 0 aromatic heterocycles. The lowest BCUT2D eigenvalue weighted by Crippen LogP contribution is -2.22. The van der Waals surface area contributed by atoms with Crippen molar-refractivity contribution in [2.45, 2.75) is 45.1 Å². The average Bonchev–Trinajstić information content (AvgIpc) is 3.01. The first-order chi connectivity index (χ1) is 9.58. The maximum atomic E-state index is 12.7. The minimum atomic E-state index is -2.82. The van der Waals surface area contributed by atoms with Gasteiger partial charge in [-0.2, -0.15) is 8.78 Å². The molecule has 2 amide bonds. The van der Waals surface area contributed by atoms with Gasteiger partial charge >= 0.3 is 12.6 Å². The minimum Gasteiger partial charge on any atom is -0.434 e. The van der Waals surface area contributed by atoms with Gasteiger partial charge < -0.3 is 15.8 Å². The molecule has 1 aromatic carbocycles. The van der Waals surface area contributed by atoms with Gasteiger partial charge in [0.2, 0.25) is 0 Å². The smallest absolute Gasteiger partial charge is 0.387 e. The zero-order chi connectivity index (χ0) is 14.3. The molecule has 1 aromatic rings. The fourth-order valence-electron chi connectivity index (χ4n) is 3.41. The number of fused-ring (bicyclic) bond motifs is 2. The molecule has 0 radical (unpaired) electrons. The van der Waals surface area contributed by atoms with Gasteiger partial charge in [-0.15, -0.1) is 0 Å². The van der Waals surface area contributed by atoms with Gasteiger partial charge in [0.1, 0.15) is 5.75 Å². The van der Waals surface area contributed by atoms with Crippen LogP contribution < -0.4 is 15.8 Å². The van der Waals surface area contributed by atoms with E-state index in [1.54, 1.807) is 0 Å². The molecule has 0 saturated heterocycles. The Morgan fingerprint density at radius 1 is 1.05 bits per heavy atom. The third kappa shape index (κ3) is 2.09. The first-order valence-electron chi connectivity index (χ1n) is 6.78. The summed E-state index contributed by atoms with van der Waals surface area (Å²) in [7, 11) is 0. The largest absolute Gasteiger partial charge is 0.434 e. The van der Waals surface area contributed by atoms with E-state index in [-0.39, 0.29) is 0 Å². The predicted molar refractivity (Wildman–Crippen MR) is 70.3 cm³/mol. The number of alkyl halides is 2. The van der Waals surface area contributed by atoms with Crippen molar-refractivity contribution >= 4 is 11.7 Å². The summed E-state index contributed by atoms with van der Waals surface area (Å²) in [4.78, 5) is 11.2. The molecule has 4 nitrogen and oxygen atoms in total. The fourth-order valence-corrected chi connectivity index (χ4v) is 3.41. The summed E-state index contributed by atoms with van der Waals surface area (Å²) in [6.07, 6.45) is 4.70. The Labute approximate surface area is 115 Å². The molecule has 108 valence electrons. The number of hydrogen-bond acceptors (Lipinski definition) is 2. The Bertz CT molecular complexity index is 538. The number of halogens is 2. The SMILES string of the molecule is NC(=O)Nc1c2c(c(OC(F)F)c3c1CCC3)CCC2. The highest BCUT2D eigenvalue weighted by Gasteiger charge is 2.31. The first-order valence-corrected chi connectivity index (χ1v) is 6.78. The summed E-state index contributed by atoms with van der Waals surface area (Å²) in [6.45, 7) is -2.82. The van der Waals surface area contributed by atoms with E-state index in [9.17, 15) is 13.6 Å². The zero-order valence-corrected chi connectivity index (χ0v) is 11.0. The van der Waals surface area contributed by atoms with Crippen LogP contribution in [0.5, 0.6) is 5.75 Å². The lowest BCUT2D eigenvalue weighted by molar-refractivity contribution is -0.0509. The van der Waals surface area contributed by atoms with Crippen molar-refractivity contribution in [3.05, 3.63) is 22.3 Å². The summed E-state index contributed by atoms with van der Waals surface area (Å²) in [6, 6.07) is -0.615. The van der Waals surface area contributed by atoms with Crippen molar-refractivity contribution < 1.29 is 18.3 Å². The number of anilines is 1. The number of amides is 2. The molecule has 2 aliphatic carbocycles. The molecule has 0 unspecified atom stereocenters. The fraction of sp³-hybridized carbons (Fsp3) is 0.500. The van der Waals surface area contributed by atoms with E-state index < -0.39 is 12.6 Å². The van der Waals surface area contributed by atoms with Crippen LogP contribution in [-0.2, 0) is 25.7 Å². The molecule has 2 aliphatic rings. The number of primary amides is 1. The lowest BCUT2D eigenvalue weighted by Gasteiger charge is -2.19. The van der Waals surface area contributed by atoms with Crippen molar-refractivity contribution in [1.82, 2.24) is 0 Å². The topological polar surface area (TPSA) is 64.4 Å². The second-order valence-electron chi connectivity index (χ2n) is 5.19. The van der Waals surface area contributed by atoms with Gasteiger partial charge in [0.05, 0.1) is 0 Å². The monoisotopic (exact) mass is 282 g/mol. The number of rotatable bonds is 3. The highest BCUT2D eigenvalue weighted by Crippen LogP contribution is 2.46. The third-order valence-corrected chi connectivity index (χ3v) is 4.04. The van der Waals surface area contributed by atoms with Crippen LogP contribution in [0.1, 0.15) is 35.1 Å². The number of carbonyl (C=O) groups is 1. The van der Waals surface area contributed by atoms with Crippen molar-refractivity contribution in [1.29, 1.82) is 0 Å².